The zero-order valence-corrected chi connectivity index (χ0v) is 30.1. The lowest BCUT2D eigenvalue weighted by molar-refractivity contribution is 0.669. The van der Waals surface area contributed by atoms with E-state index in [4.69, 9.17) is 4.42 Å². The van der Waals surface area contributed by atoms with Gasteiger partial charge >= 0.3 is 0 Å². The first kappa shape index (κ1) is 31.4. The molecule has 55 heavy (non-hydrogen) atoms. The number of anilines is 3. The van der Waals surface area contributed by atoms with Gasteiger partial charge in [0.15, 0.2) is 0 Å². The van der Waals surface area contributed by atoms with Gasteiger partial charge in [-0.05, 0) is 110 Å². The molecule has 11 rings (SSSR count). The van der Waals surface area contributed by atoms with Crippen molar-refractivity contribution in [3.05, 3.63) is 235 Å². The molecule has 2 nitrogen and oxygen atoms in total. The average Bonchev–Trinajstić information content (AvgIpc) is 3.78. The molecule has 0 spiro atoms. The van der Waals surface area contributed by atoms with Crippen molar-refractivity contribution in [1.29, 1.82) is 0 Å². The Morgan fingerprint density at radius 3 is 1.64 bits per heavy atom. The van der Waals surface area contributed by atoms with Crippen LogP contribution in [0.1, 0.15) is 22.3 Å². The van der Waals surface area contributed by atoms with Gasteiger partial charge in [0.1, 0.15) is 11.2 Å². The van der Waals surface area contributed by atoms with Crippen LogP contribution in [-0.4, -0.2) is 0 Å². The first-order valence-corrected chi connectivity index (χ1v) is 18.9. The third-order valence-electron chi connectivity index (χ3n) is 11.5. The minimum absolute atomic E-state index is 0.450. The van der Waals surface area contributed by atoms with E-state index in [-0.39, 0.29) is 0 Å². The summed E-state index contributed by atoms with van der Waals surface area (Å²) in [7, 11) is 0. The number of para-hydroxylation sites is 1. The van der Waals surface area contributed by atoms with Crippen LogP contribution in [0.15, 0.2) is 217 Å². The molecule has 1 aromatic heterocycles. The Kier molecular flexibility index (Phi) is 7.11. The molecule has 0 aliphatic heterocycles. The smallest absolute Gasteiger partial charge is 0.135 e. The summed E-state index contributed by atoms with van der Waals surface area (Å²) in [5.41, 5.74) is 14.7. The summed E-state index contributed by atoms with van der Waals surface area (Å²) < 4.78 is 6.26. The van der Waals surface area contributed by atoms with Gasteiger partial charge < -0.3 is 9.32 Å². The molecule has 9 aromatic carbocycles. The minimum Gasteiger partial charge on any atom is -0.456 e. The molecule has 2 heteroatoms. The number of hydrogen-bond acceptors (Lipinski definition) is 2. The fraction of sp³-hybridized carbons (Fsp3) is 0.0189. The lowest BCUT2D eigenvalue weighted by atomic mass is 9.68. The van der Waals surface area contributed by atoms with Crippen molar-refractivity contribution in [3.8, 4) is 22.3 Å². The van der Waals surface area contributed by atoms with Gasteiger partial charge in [0, 0.05) is 27.8 Å². The van der Waals surface area contributed by atoms with Gasteiger partial charge in [-0.3, -0.25) is 0 Å². The first-order chi connectivity index (χ1) is 27.3. The van der Waals surface area contributed by atoms with Crippen LogP contribution >= 0.6 is 0 Å². The van der Waals surface area contributed by atoms with Crippen LogP contribution in [0.4, 0.5) is 17.1 Å². The third kappa shape index (κ3) is 4.89. The zero-order valence-electron chi connectivity index (χ0n) is 30.1. The summed E-state index contributed by atoms with van der Waals surface area (Å²) in [6.07, 6.45) is 0. The normalized spacial score (nSPS) is 12.9. The van der Waals surface area contributed by atoms with Gasteiger partial charge in [0.2, 0.25) is 0 Å². The Morgan fingerprint density at radius 1 is 0.345 bits per heavy atom. The summed E-state index contributed by atoms with van der Waals surface area (Å²) in [5, 5.41) is 4.71. The van der Waals surface area contributed by atoms with Crippen LogP contribution in [0.5, 0.6) is 0 Å². The SMILES string of the molecule is c1ccc(C2(c3ccc(N(c4ccc(-c5ccc6ccccc6c5)cc4)c4ccc5oc6ccccc6c5c4)cc3)c3ccccc3-c3ccccc32)cc1. The molecule has 0 atom stereocenters. The second kappa shape index (κ2) is 12.5. The average molecular weight is 702 g/mol. The maximum Gasteiger partial charge on any atom is 0.135 e. The van der Waals surface area contributed by atoms with Gasteiger partial charge in [-0.1, -0.05) is 158 Å². The van der Waals surface area contributed by atoms with E-state index in [9.17, 15) is 0 Å². The number of nitrogens with zero attached hydrogens (tertiary/aromatic N) is 1. The van der Waals surface area contributed by atoms with E-state index in [1.807, 2.05) is 12.1 Å². The Morgan fingerprint density at radius 2 is 0.891 bits per heavy atom. The molecule has 258 valence electrons. The van der Waals surface area contributed by atoms with Crippen molar-refractivity contribution in [1.82, 2.24) is 0 Å². The third-order valence-corrected chi connectivity index (χ3v) is 11.5. The molecule has 0 N–H and O–H groups in total. The Bertz CT molecular complexity index is 2980. The Balaban J connectivity index is 1.07. The van der Waals surface area contributed by atoms with Crippen LogP contribution in [0.25, 0.3) is 55.0 Å². The molecule has 1 aliphatic carbocycles. The largest absolute Gasteiger partial charge is 0.456 e. The summed E-state index contributed by atoms with van der Waals surface area (Å²) >= 11 is 0. The second-order valence-electron chi connectivity index (χ2n) is 14.5. The fourth-order valence-electron chi connectivity index (χ4n) is 9.04. The number of furan rings is 1. The maximum absolute atomic E-state index is 6.26. The van der Waals surface area contributed by atoms with E-state index >= 15 is 0 Å². The van der Waals surface area contributed by atoms with Crippen LogP contribution in [0.3, 0.4) is 0 Å². The van der Waals surface area contributed by atoms with Crippen molar-refractivity contribution >= 4 is 49.8 Å². The molecule has 0 amide bonds. The van der Waals surface area contributed by atoms with Crippen LogP contribution < -0.4 is 4.90 Å². The van der Waals surface area contributed by atoms with Gasteiger partial charge in [0.05, 0.1) is 5.41 Å². The van der Waals surface area contributed by atoms with Crippen molar-refractivity contribution in [2.24, 2.45) is 0 Å². The maximum atomic E-state index is 6.26. The van der Waals surface area contributed by atoms with Gasteiger partial charge in [-0.2, -0.15) is 0 Å². The lowest BCUT2D eigenvalue weighted by Crippen LogP contribution is -2.28. The number of hydrogen-bond donors (Lipinski definition) is 0. The molecule has 1 heterocycles. The van der Waals surface area contributed by atoms with Crippen LogP contribution in [-0.2, 0) is 5.41 Å². The van der Waals surface area contributed by atoms with Crippen molar-refractivity contribution in [2.75, 3.05) is 4.90 Å². The monoisotopic (exact) mass is 701 g/mol. The molecule has 0 saturated heterocycles. The van der Waals surface area contributed by atoms with E-state index in [0.717, 1.165) is 39.0 Å². The van der Waals surface area contributed by atoms with Crippen molar-refractivity contribution < 1.29 is 4.42 Å². The molecule has 0 fully saturated rings. The first-order valence-electron chi connectivity index (χ1n) is 18.9. The molecule has 10 aromatic rings. The van der Waals surface area contributed by atoms with Gasteiger partial charge in [0.25, 0.3) is 0 Å². The highest BCUT2D eigenvalue weighted by Gasteiger charge is 2.45. The predicted octanol–water partition coefficient (Wildman–Crippen LogP) is 14.2. The van der Waals surface area contributed by atoms with E-state index in [2.05, 4.69) is 205 Å². The second-order valence-corrected chi connectivity index (χ2v) is 14.5. The summed E-state index contributed by atoms with van der Waals surface area (Å²) in [6.45, 7) is 0. The molecule has 0 radical (unpaired) electrons. The zero-order chi connectivity index (χ0) is 36.3. The van der Waals surface area contributed by atoms with E-state index in [1.54, 1.807) is 0 Å². The number of fused-ring (bicyclic) bond motifs is 7. The predicted molar refractivity (Wildman–Crippen MR) is 229 cm³/mol. The van der Waals surface area contributed by atoms with Crippen LogP contribution in [0.2, 0.25) is 0 Å². The quantitative estimate of drug-likeness (QED) is 0.172. The van der Waals surface area contributed by atoms with Crippen molar-refractivity contribution in [3.63, 3.8) is 0 Å². The highest BCUT2D eigenvalue weighted by Crippen LogP contribution is 2.56. The molecular weight excluding hydrogens is 667 g/mol. The number of rotatable bonds is 6. The summed E-state index contributed by atoms with van der Waals surface area (Å²) in [4.78, 5) is 2.36. The Hall–Kier alpha value is -7.16. The summed E-state index contributed by atoms with van der Waals surface area (Å²) in [6, 6.07) is 77.1. The van der Waals surface area contributed by atoms with Crippen molar-refractivity contribution in [2.45, 2.75) is 5.41 Å². The lowest BCUT2D eigenvalue weighted by Gasteiger charge is -2.34. The van der Waals surface area contributed by atoms with E-state index in [0.29, 0.717) is 0 Å². The van der Waals surface area contributed by atoms with E-state index in [1.165, 1.54) is 55.3 Å². The number of benzene rings is 9. The molecule has 0 saturated carbocycles. The summed E-state index contributed by atoms with van der Waals surface area (Å²) in [5.74, 6) is 0. The van der Waals surface area contributed by atoms with E-state index < -0.39 is 5.41 Å². The van der Waals surface area contributed by atoms with Crippen LogP contribution in [0, 0.1) is 0 Å². The molecule has 0 unspecified atom stereocenters. The highest BCUT2D eigenvalue weighted by atomic mass is 16.3. The Labute approximate surface area is 320 Å². The standard InChI is InChI=1S/C53H35NO/c1-2-14-40(15-3-1)53(49-19-9-6-16-45(49)46-17-7-10-20-50(46)53)41-26-30-43(31-27-41)54(44-32-33-52-48(35-44)47-18-8-11-21-51(47)55-52)42-28-24-37(25-29-42)39-23-22-36-12-4-5-13-38(36)34-39/h1-35H. The topological polar surface area (TPSA) is 16.4 Å². The van der Waals surface area contributed by atoms with Gasteiger partial charge in [-0.25, -0.2) is 0 Å². The van der Waals surface area contributed by atoms with Gasteiger partial charge in [-0.15, -0.1) is 0 Å². The minimum atomic E-state index is -0.450. The molecule has 0 bridgehead atoms. The highest BCUT2D eigenvalue weighted by molar-refractivity contribution is 6.06. The molecular formula is C53H35NO. The fourth-order valence-corrected chi connectivity index (χ4v) is 9.04. The molecule has 1 aliphatic rings.